The van der Waals surface area contributed by atoms with E-state index in [0.717, 1.165) is 0 Å². The Bertz CT molecular complexity index is 521. The number of carboxylic acids is 1. The molecular formula is C13H13BrFNO3. The number of halogens is 2. The van der Waals surface area contributed by atoms with Crippen LogP contribution in [-0.2, 0) is 9.59 Å². The van der Waals surface area contributed by atoms with Gasteiger partial charge in [0.1, 0.15) is 5.82 Å². The third-order valence-electron chi connectivity index (χ3n) is 3.36. The van der Waals surface area contributed by atoms with E-state index in [-0.39, 0.29) is 5.69 Å². The Morgan fingerprint density at radius 2 is 2.00 bits per heavy atom. The first-order valence-electron chi connectivity index (χ1n) is 5.98. The van der Waals surface area contributed by atoms with Crippen LogP contribution in [0.3, 0.4) is 0 Å². The summed E-state index contributed by atoms with van der Waals surface area (Å²) in [6, 6.07) is 4.22. The Labute approximate surface area is 118 Å². The largest absolute Gasteiger partial charge is 0.481 e. The summed E-state index contributed by atoms with van der Waals surface area (Å²) in [6.07, 6.45) is 1.73. The van der Waals surface area contributed by atoms with Crippen molar-refractivity contribution in [2.24, 2.45) is 11.8 Å². The second-order valence-electron chi connectivity index (χ2n) is 4.60. The lowest BCUT2D eigenvalue weighted by Gasteiger charge is -2.16. The van der Waals surface area contributed by atoms with E-state index < -0.39 is 29.5 Å². The molecule has 0 radical (unpaired) electrons. The third-order valence-corrected chi connectivity index (χ3v) is 3.85. The summed E-state index contributed by atoms with van der Waals surface area (Å²) in [6.45, 7) is 0. The van der Waals surface area contributed by atoms with E-state index in [9.17, 15) is 14.0 Å². The molecule has 6 heteroatoms. The molecule has 1 aliphatic carbocycles. The number of benzene rings is 1. The molecule has 0 spiro atoms. The van der Waals surface area contributed by atoms with Gasteiger partial charge in [-0.1, -0.05) is 22.4 Å². The van der Waals surface area contributed by atoms with E-state index >= 15 is 0 Å². The number of carbonyl (C=O) groups excluding carboxylic acids is 1. The maximum absolute atomic E-state index is 13.5. The van der Waals surface area contributed by atoms with Crippen molar-refractivity contribution in [3.05, 3.63) is 28.5 Å². The summed E-state index contributed by atoms with van der Waals surface area (Å²) in [7, 11) is 0. The minimum atomic E-state index is -0.965. The predicted octanol–water partition coefficient (Wildman–Crippen LogP) is 3.03. The van der Waals surface area contributed by atoms with Gasteiger partial charge >= 0.3 is 5.97 Å². The number of aliphatic carboxylic acids is 1. The van der Waals surface area contributed by atoms with E-state index in [4.69, 9.17) is 5.11 Å². The molecule has 1 aromatic carbocycles. The van der Waals surface area contributed by atoms with Gasteiger partial charge in [0.2, 0.25) is 5.91 Å². The highest BCUT2D eigenvalue weighted by molar-refractivity contribution is 9.10. The molecule has 0 aromatic heterocycles. The van der Waals surface area contributed by atoms with Gasteiger partial charge in [0.05, 0.1) is 17.5 Å². The molecule has 4 nitrogen and oxygen atoms in total. The molecule has 0 aliphatic heterocycles. The van der Waals surface area contributed by atoms with Crippen LogP contribution in [0.2, 0.25) is 0 Å². The highest BCUT2D eigenvalue weighted by Gasteiger charge is 2.37. The van der Waals surface area contributed by atoms with E-state index in [1.54, 1.807) is 0 Å². The number of rotatable bonds is 3. The first kappa shape index (κ1) is 14.0. The molecule has 1 aromatic rings. The second-order valence-corrected chi connectivity index (χ2v) is 5.51. The molecule has 1 amide bonds. The topological polar surface area (TPSA) is 66.4 Å². The predicted molar refractivity (Wildman–Crippen MR) is 71.2 cm³/mol. The Morgan fingerprint density at radius 1 is 1.32 bits per heavy atom. The first-order chi connectivity index (χ1) is 8.99. The van der Waals surface area contributed by atoms with Crippen LogP contribution in [0.4, 0.5) is 10.1 Å². The highest BCUT2D eigenvalue weighted by atomic mass is 79.9. The van der Waals surface area contributed by atoms with Gasteiger partial charge in [-0.2, -0.15) is 0 Å². The SMILES string of the molecule is O=C(O)[C@H]1CCC[C@H]1C(=O)Nc1cc(Br)ccc1F. The zero-order valence-corrected chi connectivity index (χ0v) is 11.6. The quantitative estimate of drug-likeness (QED) is 0.895. The van der Waals surface area contributed by atoms with Gasteiger partial charge < -0.3 is 10.4 Å². The molecular weight excluding hydrogens is 317 g/mol. The summed E-state index contributed by atoms with van der Waals surface area (Å²) in [5, 5.41) is 11.5. The van der Waals surface area contributed by atoms with Crippen LogP contribution in [0.15, 0.2) is 22.7 Å². The van der Waals surface area contributed by atoms with Gasteiger partial charge in [0.25, 0.3) is 0 Å². The first-order valence-corrected chi connectivity index (χ1v) is 6.77. The minimum Gasteiger partial charge on any atom is -0.481 e. The van der Waals surface area contributed by atoms with Gasteiger partial charge in [0.15, 0.2) is 0 Å². The zero-order chi connectivity index (χ0) is 14.0. The summed E-state index contributed by atoms with van der Waals surface area (Å²) < 4.78 is 14.2. The highest BCUT2D eigenvalue weighted by Crippen LogP contribution is 2.33. The minimum absolute atomic E-state index is 0.0652. The molecule has 0 bridgehead atoms. The number of amides is 1. The third kappa shape index (κ3) is 3.12. The monoisotopic (exact) mass is 329 g/mol. The molecule has 102 valence electrons. The van der Waals surface area contributed by atoms with Gasteiger partial charge in [0, 0.05) is 4.47 Å². The van der Waals surface area contributed by atoms with E-state index in [2.05, 4.69) is 21.2 Å². The zero-order valence-electron chi connectivity index (χ0n) is 10.0. The second kappa shape index (κ2) is 5.69. The molecule has 1 saturated carbocycles. The Kier molecular flexibility index (Phi) is 4.19. The molecule has 0 heterocycles. The van der Waals surface area contributed by atoms with Crippen molar-refractivity contribution < 1.29 is 19.1 Å². The van der Waals surface area contributed by atoms with Gasteiger partial charge in [-0.3, -0.25) is 9.59 Å². The van der Waals surface area contributed by atoms with Crippen molar-refractivity contribution >= 4 is 33.5 Å². The Morgan fingerprint density at radius 3 is 2.68 bits per heavy atom. The van der Waals surface area contributed by atoms with Crippen molar-refractivity contribution in [1.29, 1.82) is 0 Å². The number of anilines is 1. The number of hydrogen-bond acceptors (Lipinski definition) is 2. The van der Waals surface area contributed by atoms with Crippen LogP contribution >= 0.6 is 15.9 Å². The van der Waals surface area contributed by atoms with Crippen LogP contribution in [0.25, 0.3) is 0 Å². The fourth-order valence-electron chi connectivity index (χ4n) is 2.39. The van der Waals surface area contributed by atoms with Crippen molar-refractivity contribution in [1.82, 2.24) is 0 Å². The fraction of sp³-hybridized carbons (Fsp3) is 0.385. The lowest BCUT2D eigenvalue weighted by molar-refractivity contribution is -0.145. The summed E-state index contributed by atoms with van der Waals surface area (Å²) in [5.74, 6) is -3.19. The van der Waals surface area contributed by atoms with Crippen molar-refractivity contribution in [2.75, 3.05) is 5.32 Å². The molecule has 2 atom stereocenters. The number of carboxylic acid groups (broad SMARTS) is 1. The molecule has 2 rings (SSSR count). The van der Waals surface area contributed by atoms with Crippen molar-refractivity contribution in [2.45, 2.75) is 19.3 Å². The molecule has 1 fully saturated rings. The Hall–Kier alpha value is -1.43. The summed E-state index contributed by atoms with van der Waals surface area (Å²) in [5.41, 5.74) is 0.0652. The normalized spacial score (nSPS) is 22.2. The molecule has 0 saturated heterocycles. The molecule has 0 unspecified atom stereocenters. The average Bonchev–Trinajstić information content (AvgIpc) is 2.83. The van der Waals surface area contributed by atoms with Crippen LogP contribution in [-0.4, -0.2) is 17.0 Å². The lowest BCUT2D eigenvalue weighted by Crippen LogP contribution is -2.30. The lowest BCUT2D eigenvalue weighted by atomic mass is 9.95. The summed E-state index contributed by atoms with van der Waals surface area (Å²) in [4.78, 5) is 23.1. The number of nitrogens with one attached hydrogen (secondary N) is 1. The van der Waals surface area contributed by atoms with Crippen molar-refractivity contribution in [3.8, 4) is 0 Å². The maximum Gasteiger partial charge on any atom is 0.307 e. The van der Waals surface area contributed by atoms with Crippen LogP contribution in [0.1, 0.15) is 19.3 Å². The number of carbonyl (C=O) groups is 2. The molecule has 19 heavy (non-hydrogen) atoms. The van der Waals surface area contributed by atoms with Gasteiger partial charge in [-0.15, -0.1) is 0 Å². The number of hydrogen-bond donors (Lipinski definition) is 2. The van der Waals surface area contributed by atoms with Gasteiger partial charge in [-0.05, 0) is 31.0 Å². The van der Waals surface area contributed by atoms with Crippen LogP contribution < -0.4 is 5.32 Å². The Balaban J connectivity index is 2.12. The maximum atomic E-state index is 13.5. The van der Waals surface area contributed by atoms with E-state index in [0.29, 0.717) is 23.7 Å². The standard InChI is InChI=1S/C13H13BrFNO3/c14-7-4-5-10(15)11(6-7)16-12(17)8-2-1-3-9(8)13(18)19/h4-6,8-9H,1-3H2,(H,16,17)(H,18,19)/t8-,9+/m1/s1. The van der Waals surface area contributed by atoms with Gasteiger partial charge in [-0.25, -0.2) is 4.39 Å². The smallest absolute Gasteiger partial charge is 0.307 e. The van der Waals surface area contributed by atoms with E-state index in [1.165, 1.54) is 18.2 Å². The fourth-order valence-corrected chi connectivity index (χ4v) is 2.75. The van der Waals surface area contributed by atoms with E-state index in [1.807, 2.05) is 0 Å². The van der Waals surface area contributed by atoms with Crippen LogP contribution in [0.5, 0.6) is 0 Å². The summed E-state index contributed by atoms with van der Waals surface area (Å²) >= 11 is 3.19. The molecule has 2 N–H and O–H groups in total. The molecule has 1 aliphatic rings. The average molecular weight is 330 g/mol. The van der Waals surface area contributed by atoms with Crippen molar-refractivity contribution in [3.63, 3.8) is 0 Å². The van der Waals surface area contributed by atoms with Crippen LogP contribution in [0, 0.1) is 17.7 Å².